The second-order valence-corrected chi connectivity index (χ2v) is 5.88. The summed E-state index contributed by atoms with van der Waals surface area (Å²) in [5.41, 5.74) is 2.71. The minimum atomic E-state index is 0.617. The normalized spacial score (nSPS) is 15.3. The van der Waals surface area contributed by atoms with Gasteiger partial charge in [-0.25, -0.2) is 0 Å². The van der Waals surface area contributed by atoms with Crippen molar-refractivity contribution in [1.29, 1.82) is 0 Å². The van der Waals surface area contributed by atoms with E-state index in [1.807, 2.05) is 0 Å². The van der Waals surface area contributed by atoms with Gasteiger partial charge in [0.25, 0.3) is 0 Å². The zero-order valence-electron chi connectivity index (χ0n) is 11.3. The van der Waals surface area contributed by atoms with Crippen LogP contribution in [-0.4, -0.2) is 19.7 Å². The van der Waals surface area contributed by atoms with Crippen LogP contribution in [0, 0.1) is 0 Å². The number of rotatable bonds is 6. The Bertz CT molecular complexity index is 406. The molecule has 100 valence electrons. The smallest absolute Gasteiger partial charge is 0.125 e. The molecule has 1 atom stereocenters. The molecule has 2 rings (SSSR count). The van der Waals surface area contributed by atoms with Crippen molar-refractivity contribution in [3.63, 3.8) is 0 Å². The molecule has 0 amide bonds. The summed E-state index contributed by atoms with van der Waals surface area (Å²) in [6, 6.07) is 5.02. The van der Waals surface area contributed by atoms with Crippen molar-refractivity contribution in [2.45, 2.75) is 45.1 Å². The second-order valence-electron chi connectivity index (χ2n) is 4.96. The molecule has 0 fully saturated rings. The minimum absolute atomic E-state index is 0.617. The van der Waals surface area contributed by atoms with Gasteiger partial charge in [-0.15, -0.1) is 0 Å². The average Bonchev–Trinajstić information content (AvgIpc) is 2.82. The molecule has 0 spiro atoms. The van der Waals surface area contributed by atoms with E-state index in [1.54, 1.807) is 0 Å². The van der Waals surface area contributed by atoms with Crippen LogP contribution in [0.5, 0.6) is 5.75 Å². The first kappa shape index (κ1) is 13.9. The molecule has 1 heterocycles. The Balaban J connectivity index is 2.05. The van der Waals surface area contributed by atoms with Crippen molar-refractivity contribution >= 4 is 15.9 Å². The Hall–Kier alpha value is -0.540. The average molecular weight is 312 g/mol. The maximum atomic E-state index is 5.77. The van der Waals surface area contributed by atoms with E-state index in [9.17, 15) is 0 Å². The Morgan fingerprint density at radius 3 is 2.94 bits per heavy atom. The highest BCUT2D eigenvalue weighted by Gasteiger charge is 2.18. The van der Waals surface area contributed by atoms with Crippen molar-refractivity contribution < 1.29 is 4.74 Å². The largest absolute Gasteiger partial charge is 0.493 e. The van der Waals surface area contributed by atoms with E-state index >= 15 is 0 Å². The second kappa shape index (κ2) is 6.58. The number of nitrogens with one attached hydrogen (secondary N) is 1. The summed E-state index contributed by atoms with van der Waals surface area (Å²) in [7, 11) is 2.06. The zero-order chi connectivity index (χ0) is 13.0. The van der Waals surface area contributed by atoms with Crippen molar-refractivity contribution in [2.75, 3.05) is 13.7 Å². The van der Waals surface area contributed by atoms with Gasteiger partial charge in [-0.05, 0) is 49.6 Å². The summed E-state index contributed by atoms with van der Waals surface area (Å²) in [4.78, 5) is 0. The van der Waals surface area contributed by atoms with E-state index < -0.39 is 0 Å². The predicted octanol–water partition coefficient (Wildman–Crippen LogP) is 3.70. The Morgan fingerprint density at radius 1 is 1.39 bits per heavy atom. The summed E-state index contributed by atoms with van der Waals surface area (Å²) in [5, 5.41) is 3.40. The maximum Gasteiger partial charge on any atom is 0.125 e. The summed E-state index contributed by atoms with van der Waals surface area (Å²) < 4.78 is 6.95. The molecule has 1 aliphatic rings. The molecule has 0 aliphatic carbocycles. The Labute approximate surface area is 118 Å². The topological polar surface area (TPSA) is 21.3 Å². The lowest BCUT2D eigenvalue weighted by Gasteiger charge is -2.16. The van der Waals surface area contributed by atoms with Crippen LogP contribution < -0.4 is 10.1 Å². The summed E-state index contributed by atoms with van der Waals surface area (Å²) in [6.45, 7) is 3.08. The van der Waals surface area contributed by atoms with E-state index in [0.717, 1.165) is 25.2 Å². The highest BCUT2D eigenvalue weighted by molar-refractivity contribution is 9.10. The van der Waals surface area contributed by atoms with Gasteiger partial charge in [-0.3, -0.25) is 0 Å². The van der Waals surface area contributed by atoms with Gasteiger partial charge in [-0.2, -0.15) is 0 Å². The first-order valence-corrected chi connectivity index (χ1v) is 7.65. The lowest BCUT2D eigenvalue weighted by Crippen LogP contribution is -2.25. The van der Waals surface area contributed by atoms with Crippen molar-refractivity contribution in [2.24, 2.45) is 0 Å². The Morgan fingerprint density at radius 2 is 2.22 bits per heavy atom. The molecule has 0 saturated carbocycles. The van der Waals surface area contributed by atoms with E-state index in [-0.39, 0.29) is 0 Å². The third kappa shape index (κ3) is 3.27. The Kier molecular flexibility index (Phi) is 5.07. The van der Waals surface area contributed by atoms with E-state index in [2.05, 4.69) is 47.4 Å². The van der Waals surface area contributed by atoms with Gasteiger partial charge in [0.2, 0.25) is 0 Å². The molecule has 0 aromatic heterocycles. The van der Waals surface area contributed by atoms with Gasteiger partial charge in [0.05, 0.1) is 6.61 Å². The van der Waals surface area contributed by atoms with Crippen LogP contribution in [0.15, 0.2) is 16.6 Å². The maximum absolute atomic E-state index is 5.77. The van der Waals surface area contributed by atoms with E-state index in [1.165, 1.54) is 34.9 Å². The highest BCUT2D eigenvalue weighted by atomic mass is 79.9. The number of hydrogen-bond acceptors (Lipinski definition) is 2. The number of halogens is 1. The zero-order valence-corrected chi connectivity index (χ0v) is 12.8. The molecule has 0 bridgehead atoms. The third-order valence-electron chi connectivity index (χ3n) is 3.63. The van der Waals surface area contributed by atoms with Gasteiger partial charge in [0.15, 0.2) is 0 Å². The quantitative estimate of drug-likeness (QED) is 0.865. The van der Waals surface area contributed by atoms with Gasteiger partial charge in [0, 0.05) is 16.9 Å². The number of hydrogen-bond donors (Lipinski definition) is 1. The number of benzene rings is 1. The first-order chi connectivity index (χ1) is 8.74. The van der Waals surface area contributed by atoms with Crippen LogP contribution in [0.3, 0.4) is 0 Å². The highest BCUT2D eigenvalue weighted by Crippen LogP contribution is 2.33. The summed E-state index contributed by atoms with van der Waals surface area (Å²) in [6.07, 6.45) is 5.79. The third-order valence-corrected chi connectivity index (χ3v) is 4.09. The fourth-order valence-corrected chi connectivity index (χ4v) is 3.20. The van der Waals surface area contributed by atoms with Crippen LogP contribution in [-0.2, 0) is 12.8 Å². The molecular formula is C15H22BrNO. The molecular weight excluding hydrogens is 290 g/mol. The van der Waals surface area contributed by atoms with Crippen molar-refractivity contribution in [3.05, 3.63) is 27.7 Å². The number of fused-ring (bicyclic) bond motifs is 1. The molecule has 18 heavy (non-hydrogen) atoms. The standard InChI is InChI=1S/C15H22BrNO/c1-3-4-14(17-2)6-5-11-9-13(16)10-12-7-8-18-15(11)12/h9-10,14,17H,3-8H2,1-2H3. The van der Waals surface area contributed by atoms with Crippen LogP contribution in [0.25, 0.3) is 0 Å². The molecule has 1 aromatic rings. The molecule has 3 heteroatoms. The monoisotopic (exact) mass is 311 g/mol. The lowest BCUT2D eigenvalue weighted by molar-refractivity contribution is 0.352. The van der Waals surface area contributed by atoms with Crippen molar-refractivity contribution in [1.82, 2.24) is 5.32 Å². The molecule has 1 aliphatic heterocycles. The van der Waals surface area contributed by atoms with E-state index in [4.69, 9.17) is 4.74 Å². The van der Waals surface area contributed by atoms with Gasteiger partial charge in [-0.1, -0.05) is 29.3 Å². The van der Waals surface area contributed by atoms with Gasteiger partial charge >= 0.3 is 0 Å². The number of ether oxygens (including phenoxy) is 1. The van der Waals surface area contributed by atoms with Crippen LogP contribution in [0.2, 0.25) is 0 Å². The lowest BCUT2D eigenvalue weighted by atomic mass is 9.99. The predicted molar refractivity (Wildman–Crippen MR) is 79.4 cm³/mol. The molecule has 2 nitrogen and oxygen atoms in total. The molecule has 1 N–H and O–H groups in total. The summed E-state index contributed by atoms with van der Waals surface area (Å²) in [5.74, 6) is 1.14. The molecule has 1 aromatic carbocycles. The summed E-state index contributed by atoms with van der Waals surface area (Å²) >= 11 is 3.60. The fraction of sp³-hybridized carbons (Fsp3) is 0.600. The van der Waals surface area contributed by atoms with Gasteiger partial charge < -0.3 is 10.1 Å². The van der Waals surface area contributed by atoms with Crippen LogP contribution in [0.1, 0.15) is 37.3 Å². The molecule has 0 radical (unpaired) electrons. The molecule has 1 unspecified atom stereocenters. The minimum Gasteiger partial charge on any atom is -0.493 e. The molecule has 0 saturated heterocycles. The van der Waals surface area contributed by atoms with E-state index in [0.29, 0.717) is 6.04 Å². The van der Waals surface area contributed by atoms with Crippen molar-refractivity contribution in [3.8, 4) is 5.75 Å². The first-order valence-electron chi connectivity index (χ1n) is 6.86. The van der Waals surface area contributed by atoms with Crippen LogP contribution >= 0.6 is 15.9 Å². The van der Waals surface area contributed by atoms with Gasteiger partial charge in [0.1, 0.15) is 5.75 Å². The van der Waals surface area contributed by atoms with Crippen LogP contribution in [0.4, 0.5) is 0 Å². The number of aryl methyl sites for hydroxylation is 1. The fourth-order valence-electron chi connectivity index (χ4n) is 2.64. The SMILES string of the molecule is CCCC(CCc1cc(Br)cc2c1OCC2)NC.